The van der Waals surface area contributed by atoms with Gasteiger partial charge in [-0.1, -0.05) is 63.1 Å². The van der Waals surface area contributed by atoms with E-state index in [4.69, 9.17) is 5.11 Å². The van der Waals surface area contributed by atoms with E-state index in [1.54, 1.807) is 18.6 Å². The van der Waals surface area contributed by atoms with Gasteiger partial charge in [-0.05, 0) is 36.6 Å². The van der Waals surface area contributed by atoms with Crippen molar-refractivity contribution in [3.8, 4) is 0 Å². The maximum atomic E-state index is 11.7. The van der Waals surface area contributed by atoms with Gasteiger partial charge in [0.1, 0.15) is 0 Å². The summed E-state index contributed by atoms with van der Waals surface area (Å²) in [4.78, 5) is 11.7. The van der Waals surface area contributed by atoms with Crippen LogP contribution in [0.1, 0.15) is 56.8 Å². The molecule has 1 N–H and O–H groups in total. The summed E-state index contributed by atoms with van der Waals surface area (Å²) in [6, 6.07) is 13.4. The monoisotopic (exact) mass is 605 g/mol. The first kappa shape index (κ1) is 33.0. The topological polar surface area (TPSA) is 71.4 Å². The van der Waals surface area contributed by atoms with Gasteiger partial charge in [-0.2, -0.15) is 0 Å². The molecule has 0 amide bonds. The third-order valence-corrected chi connectivity index (χ3v) is 5.31. The second-order valence-electron chi connectivity index (χ2n) is 7.01. The first-order chi connectivity index (χ1) is 14.2. The van der Waals surface area contributed by atoms with Gasteiger partial charge in [-0.15, -0.1) is 0 Å². The average Bonchev–Trinajstić information content (AvgIpc) is 2.70. The number of aliphatic hydroxyl groups is 1. The molecule has 0 aliphatic carbocycles. The van der Waals surface area contributed by atoms with Crippen LogP contribution in [0.15, 0.2) is 54.3 Å². The van der Waals surface area contributed by atoms with Gasteiger partial charge in [0.25, 0.3) is 0 Å². The largest absolute Gasteiger partial charge is 0.512 e. The van der Waals surface area contributed by atoms with Crippen molar-refractivity contribution in [2.75, 3.05) is 24.0 Å². The molecule has 0 atom stereocenters. The minimum absolute atomic E-state index is 0. The van der Waals surface area contributed by atoms with Crippen molar-refractivity contribution < 1.29 is 67.7 Å². The molecule has 0 aliphatic rings. The number of fused-ring (bicyclic) bond motifs is 1. The number of rotatable bonds is 8. The van der Waals surface area contributed by atoms with Gasteiger partial charge in [0.05, 0.1) is 5.76 Å². The number of carbonyl (C=O) groups is 1. The normalized spacial score (nSPS) is 10.6. The molecule has 2 rings (SSSR count). The standard InChI is InChI=1S/C14H12O2.C8H18OS.C2H6OS.Eu/c1-10(15)8-14(16)13-7-6-11-4-2-3-5-12(11)9-13;1-3-5-7-10(9)8-6-4-2;1-4(2)3;/h2-9,15H,1H3;3-8H2,1-2H3;1-2H3;. The van der Waals surface area contributed by atoms with Crippen LogP contribution in [0.3, 0.4) is 0 Å². The molecule has 175 valence electrons. The molecule has 0 fully saturated rings. The summed E-state index contributed by atoms with van der Waals surface area (Å²) in [5.41, 5.74) is 0.590. The van der Waals surface area contributed by atoms with Crippen LogP contribution in [0, 0.1) is 49.4 Å². The fourth-order valence-electron chi connectivity index (χ4n) is 2.33. The fourth-order valence-corrected chi connectivity index (χ4v) is 3.75. The Labute approximate surface area is 233 Å². The number of carbonyl (C=O) groups excluding carboxylic acids is 1. The van der Waals surface area contributed by atoms with Crippen molar-refractivity contribution in [3.05, 3.63) is 59.9 Å². The summed E-state index contributed by atoms with van der Waals surface area (Å²) < 4.78 is 20.6. The minimum atomic E-state index is -0.611. The Hall–Kier alpha value is -0.206. The number of allylic oxidation sites excluding steroid dienone is 2. The van der Waals surface area contributed by atoms with Gasteiger partial charge >= 0.3 is 0 Å². The molecule has 31 heavy (non-hydrogen) atoms. The van der Waals surface area contributed by atoms with E-state index in [-0.39, 0.29) is 60.9 Å². The quantitative estimate of drug-likeness (QED) is 0.235. The fraction of sp³-hybridized carbons (Fsp3) is 0.458. The molecular formula is C24H36EuO4S2. The van der Waals surface area contributed by atoms with E-state index in [1.807, 2.05) is 36.4 Å². The molecule has 0 saturated carbocycles. The molecule has 0 heterocycles. The van der Waals surface area contributed by atoms with Gasteiger partial charge in [0, 0.05) is 107 Å². The van der Waals surface area contributed by atoms with Crippen molar-refractivity contribution in [2.45, 2.75) is 46.5 Å². The zero-order valence-electron chi connectivity index (χ0n) is 19.2. The van der Waals surface area contributed by atoms with Crippen LogP contribution in [-0.2, 0) is 21.6 Å². The Bertz CT molecular complexity index is 832. The summed E-state index contributed by atoms with van der Waals surface area (Å²) >= 11 is 0. The second-order valence-corrected chi connectivity index (χ2v) is 10.2. The molecule has 0 spiro atoms. The van der Waals surface area contributed by atoms with Gasteiger partial charge in [0.2, 0.25) is 0 Å². The number of ketones is 1. The van der Waals surface area contributed by atoms with Crippen LogP contribution in [0.4, 0.5) is 0 Å². The molecule has 0 bridgehead atoms. The minimum Gasteiger partial charge on any atom is -0.512 e. The SMILES string of the molecule is CC(O)=CC(=O)c1ccc2ccccc2c1.CCCCS(=O)CCCC.CS(C)=O.[Eu]. The number of hydrogen-bond acceptors (Lipinski definition) is 4. The van der Waals surface area contributed by atoms with E-state index in [0.29, 0.717) is 5.56 Å². The van der Waals surface area contributed by atoms with E-state index in [1.165, 1.54) is 13.0 Å². The molecule has 0 unspecified atom stereocenters. The first-order valence-electron chi connectivity index (χ1n) is 10.2. The van der Waals surface area contributed by atoms with E-state index in [0.717, 1.165) is 48.0 Å². The molecule has 2 aromatic rings. The van der Waals surface area contributed by atoms with Crippen LogP contribution in [0.25, 0.3) is 10.8 Å². The molecule has 7 heteroatoms. The number of hydrogen-bond donors (Lipinski definition) is 1. The number of benzene rings is 2. The Morgan fingerprint density at radius 1 is 0.935 bits per heavy atom. The maximum absolute atomic E-state index is 11.7. The van der Waals surface area contributed by atoms with Crippen molar-refractivity contribution >= 4 is 38.2 Å². The van der Waals surface area contributed by atoms with Crippen LogP contribution >= 0.6 is 0 Å². The van der Waals surface area contributed by atoms with Crippen molar-refractivity contribution in [3.63, 3.8) is 0 Å². The average molecular weight is 605 g/mol. The van der Waals surface area contributed by atoms with Crippen LogP contribution < -0.4 is 0 Å². The predicted octanol–water partition coefficient (Wildman–Crippen LogP) is 5.81. The van der Waals surface area contributed by atoms with Crippen LogP contribution in [0.2, 0.25) is 0 Å². The molecule has 1 radical (unpaired) electrons. The second kappa shape index (κ2) is 20.4. The molecule has 0 aliphatic heterocycles. The third-order valence-electron chi connectivity index (χ3n) is 3.83. The maximum Gasteiger partial charge on any atom is 0.189 e. The van der Waals surface area contributed by atoms with E-state index < -0.39 is 21.6 Å². The zero-order chi connectivity index (χ0) is 22.9. The van der Waals surface area contributed by atoms with Gasteiger partial charge < -0.3 is 5.11 Å². The van der Waals surface area contributed by atoms with E-state index in [2.05, 4.69) is 13.8 Å². The van der Waals surface area contributed by atoms with Crippen LogP contribution in [-0.4, -0.2) is 43.3 Å². The summed E-state index contributed by atoms with van der Waals surface area (Å²) in [5, 5.41) is 11.2. The van der Waals surface area contributed by atoms with Gasteiger partial charge in [-0.25, -0.2) is 0 Å². The van der Waals surface area contributed by atoms with Crippen molar-refractivity contribution in [1.29, 1.82) is 0 Å². The van der Waals surface area contributed by atoms with Crippen LogP contribution in [0.5, 0.6) is 0 Å². The Morgan fingerprint density at radius 3 is 1.87 bits per heavy atom. The summed E-state index contributed by atoms with van der Waals surface area (Å²) in [5.74, 6) is 1.68. The summed E-state index contributed by atoms with van der Waals surface area (Å²) in [7, 11) is -1.13. The summed E-state index contributed by atoms with van der Waals surface area (Å²) in [6.45, 7) is 5.76. The Balaban J connectivity index is 0. The number of aliphatic hydroxyl groups excluding tert-OH is 1. The molecule has 0 aromatic heterocycles. The molecule has 0 saturated heterocycles. The van der Waals surface area contributed by atoms with Crippen molar-refractivity contribution in [2.24, 2.45) is 0 Å². The number of unbranched alkanes of at least 4 members (excludes halogenated alkanes) is 2. The predicted molar refractivity (Wildman–Crippen MR) is 132 cm³/mol. The van der Waals surface area contributed by atoms with E-state index >= 15 is 0 Å². The molecular weight excluding hydrogens is 568 g/mol. The molecule has 2 aromatic carbocycles. The smallest absolute Gasteiger partial charge is 0.189 e. The van der Waals surface area contributed by atoms with E-state index in [9.17, 15) is 13.2 Å². The molecule has 4 nitrogen and oxygen atoms in total. The first-order valence-corrected chi connectivity index (χ1v) is 13.7. The van der Waals surface area contributed by atoms with Crippen molar-refractivity contribution in [1.82, 2.24) is 0 Å². The Morgan fingerprint density at radius 2 is 1.42 bits per heavy atom. The Kier molecular flexibility index (Phi) is 21.7. The van der Waals surface area contributed by atoms with Gasteiger partial charge in [0.15, 0.2) is 5.78 Å². The van der Waals surface area contributed by atoms with Gasteiger partial charge in [-0.3, -0.25) is 13.2 Å². The third kappa shape index (κ3) is 18.0. The summed E-state index contributed by atoms with van der Waals surface area (Å²) in [6.07, 6.45) is 9.08. The zero-order valence-corrected chi connectivity index (χ0v) is 23.3.